The Morgan fingerprint density at radius 3 is 2.07 bits per heavy atom. The molecule has 0 aromatic carbocycles. The van der Waals surface area contributed by atoms with E-state index in [1.165, 1.54) is 0 Å². The fourth-order valence-electron chi connectivity index (χ4n) is 4.72. The molecule has 0 saturated heterocycles. The average Bonchev–Trinajstić information content (AvgIpc) is 3.21. The fourth-order valence-corrected chi connectivity index (χ4v) is 4.92. The van der Waals surface area contributed by atoms with E-state index in [2.05, 4.69) is 4.74 Å². The molecule has 3 rings (SSSR count). The van der Waals surface area contributed by atoms with E-state index < -0.39 is 45.8 Å². The van der Waals surface area contributed by atoms with Gasteiger partial charge in [0, 0.05) is 0 Å². The minimum absolute atomic E-state index is 0.0626. The second-order valence-electron chi connectivity index (χ2n) is 7.78. The lowest BCUT2D eigenvalue weighted by atomic mass is 9.79. The normalized spacial score (nSPS) is 31.7. The van der Waals surface area contributed by atoms with E-state index in [1.54, 1.807) is 0 Å². The maximum atomic E-state index is 13.3. The average molecular weight is 409 g/mol. The van der Waals surface area contributed by atoms with Gasteiger partial charge in [0.25, 0.3) is 0 Å². The van der Waals surface area contributed by atoms with Crippen molar-refractivity contribution in [3.8, 4) is 0 Å². The molecule has 0 N–H and O–H groups in total. The lowest BCUT2D eigenvalue weighted by Gasteiger charge is -2.31. The van der Waals surface area contributed by atoms with Crippen molar-refractivity contribution in [3.05, 3.63) is 0 Å². The predicted molar refractivity (Wildman–Crippen MR) is 86.4 cm³/mol. The predicted octanol–water partition coefficient (Wildman–Crippen LogP) is 2.21. The van der Waals surface area contributed by atoms with Crippen LogP contribution in [0.5, 0.6) is 0 Å². The smallest absolute Gasteiger partial charge is 0.367 e. The topological polar surface area (TPSA) is 110 Å². The summed E-state index contributed by atoms with van der Waals surface area (Å²) < 4.78 is 68.2. The molecule has 27 heavy (non-hydrogen) atoms. The zero-order chi connectivity index (χ0) is 19.8. The first kappa shape index (κ1) is 20.4. The maximum Gasteiger partial charge on any atom is 0.367 e. The summed E-state index contributed by atoms with van der Waals surface area (Å²) in [7, 11) is -5.93. The van der Waals surface area contributed by atoms with Crippen molar-refractivity contribution in [2.75, 3.05) is 6.61 Å². The van der Waals surface area contributed by atoms with Crippen LogP contribution in [0.1, 0.15) is 51.4 Å². The monoisotopic (exact) mass is 409 g/mol. The zero-order valence-corrected chi connectivity index (χ0v) is 15.6. The van der Waals surface area contributed by atoms with Gasteiger partial charge in [0.15, 0.2) is 16.7 Å². The van der Waals surface area contributed by atoms with Gasteiger partial charge in [-0.25, -0.2) is 8.42 Å². The molecule has 3 saturated carbocycles. The first-order valence-electron chi connectivity index (χ1n) is 9.30. The Kier molecular flexibility index (Phi) is 5.77. The molecule has 3 aliphatic carbocycles. The van der Waals surface area contributed by atoms with E-state index >= 15 is 0 Å². The molecule has 3 aliphatic rings. The Morgan fingerprint density at radius 1 is 0.963 bits per heavy atom. The van der Waals surface area contributed by atoms with Crippen LogP contribution in [-0.2, 0) is 29.2 Å². The number of carbonyl (C=O) groups is 2. The van der Waals surface area contributed by atoms with E-state index in [0.717, 1.165) is 38.5 Å². The molecule has 154 valence electrons. The minimum Gasteiger partial charge on any atom is -0.743 e. The zero-order valence-electron chi connectivity index (χ0n) is 14.8. The summed E-state index contributed by atoms with van der Waals surface area (Å²) in [6.07, 6.45) is 6.44. The van der Waals surface area contributed by atoms with Gasteiger partial charge in [0.2, 0.25) is 0 Å². The number of fused-ring (bicyclic) bond motifs is 2. The summed E-state index contributed by atoms with van der Waals surface area (Å²) in [5.74, 6) is -3.48. The van der Waals surface area contributed by atoms with Crippen molar-refractivity contribution < 1.29 is 40.8 Å². The molecule has 0 aliphatic heterocycles. The van der Waals surface area contributed by atoms with Crippen LogP contribution < -0.4 is 0 Å². The minimum atomic E-state index is -5.93. The summed E-state index contributed by atoms with van der Waals surface area (Å²) in [5.41, 5.74) is 0. The maximum absolute atomic E-state index is 13.3. The SMILES string of the molecule is O=C(OCC(F)(F)S(=O)(=O)[O-])C1C2CCC(C2)C1C(=O)OC1CCCCC1. The first-order chi connectivity index (χ1) is 12.6. The summed E-state index contributed by atoms with van der Waals surface area (Å²) in [5, 5.41) is -4.70. The molecule has 3 fully saturated rings. The second kappa shape index (κ2) is 7.62. The highest BCUT2D eigenvalue weighted by Gasteiger charge is 2.56. The Bertz CT molecular complexity index is 687. The molecule has 7 nitrogen and oxygen atoms in total. The van der Waals surface area contributed by atoms with Crippen LogP contribution in [-0.4, -0.2) is 42.9 Å². The van der Waals surface area contributed by atoms with Crippen molar-refractivity contribution in [2.45, 2.75) is 62.7 Å². The summed E-state index contributed by atoms with van der Waals surface area (Å²) in [4.78, 5) is 25.0. The Balaban J connectivity index is 1.65. The Morgan fingerprint density at radius 2 is 1.52 bits per heavy atom. The standard InChI is InChI=1S/C17H24F2O7S/c18-17(19,27(22,23)24)9-25-15(20)13-10-6-7-11(8-10)14(13)16(21)26-12-4-2-1-3-5-12/h10-14H,1-9H2,(H,22,23,24)/p-1. The van der Waals surface area contributed by atoms with Gasteiger partial charge < -0.3 is 14.0 Å². The Hall–Kier alpha value is -1.29. The molecule has 4 atom stereocenters. The van der Waals surface area contributed by atoms with Gasteiger partial charge in [0.1, 0.15) is 6.10 Å². The van der Waals surface area contributed by atoms with Gasteiger partial charge in [-0.15, -0.1) is 0 Å². The third-order valence-electron chi connectivity index (χ3n) is 6.04. The third kappa shape index (κ3) is 4.26. The van der Waals surface area contributed by atoms with Gasteiger partial charge in [-0.1, -0.05) is 6.42 Å². The van der Waals surface area contributed by atoms with Gasteiger partial charge >= 0.3 is 17.2 Å². The molecule has 0 heterocycles. The Labute approximate surface area is 156 Å². The highest BCUT2D eigenvalue weighted by Crippen LogP contribution is 2.53. The molecule has 0 amide bonds. The highest BCUT2D eigenvalue weighted by molar-refractivity contribution is 7.86. The van der Waals surface area contributed by atoms with E-state index in [-0.39, 0.29) is 17.9 Å². The molecule has 0 spiro atoms. The number of carbonyl (C=O) groups excluding carboxylic acids is 2. The quantitative estimate of drug-likeness (QED) is 0.488. The van der Waals surface area contributed by atoms with E-state index in [9.17, 15) is 31.3 Å². The van der Waals surface area contributed by atoms with Gasteiger partial charge in [-0.05, 0) is 56.8 Å². The van der Waals surface area contributed by atoms with E-state index in [4.69, 9.17) is 4.74 Å². The van der Waals surface area contributed by atoms with Gasteiger partial charge in [0.05, 0.1) is 11.8 Å². The van der Waals surface area contributed by atoms with Crippen LogP contribution in [0.3, 0.4) is 0 Å². The molecule has 0 aromatic heterocycles. The molecular formula is C17H23F2O7S-. The molecule has 0 radical (unpaired) electrons. The van der Waals surface area contributed by atoms with Crippen LogP contribution in [0.4, 0.5) is 8.78 Å². The number of hydrogen-bond acceptors (Lipinski definition) is 7. The summed E-state index contributed by atoms with van der Waals surface area (Å²) in [6, 6.07) is 0. The van der Waals surface area contributed by atoms with E-state index in [1.807, 2.05) is 0 Å². The second-order valence-corrected chi connectivity index (χ2v) is 9.29. The van der Waals surface area contributed by atoms with Crippen LogP contribution in [0.15, 0.2) is 0 Å². The van der Waals surface area contributed by atoms with Crippen LogP contribution in [0.2, 0.25) is 0 Å². The van der Waals surface area contributed by atoms with Gasteiger partial charge in [-0.2, -0.15) is 8.78 Å². The van der Waals surface area contributed by atoms with Crippen LogP contribution in [0, 0.1) is 23.7 Å². The van der Waals surface area contributed by atoms with Crippen molar-refractivity contribution in [1.29, 1.82) is 0 Å². The first-order valence-corrected chi connectivity index (χ1v) is 10.7. The van der Waals surface area contributed by atoms with Crippen molar-refractivity contribution >= 4 is 22.1 Å². The molecular weight excluding hydrogens is 386 g/mol. The number of halogens is 2. The highest BCUT2D eigenvalue weighted by atomic mass is 32.2. The lowest BCUT2D eigenvalue weighted by Crippen LogP contribution is -2.41. The molecule has 2 bridgehead atoms. The number of esters is 2. The van der Waals surface area contributed by atoms with Crippen molar-refractivity contribution in [3.63, 3.8) is 0 Å². The molecule has 0 aromatic rings. The molecule has 4 unspecified atom stereocenters. The number of rotatable bonds is 6. The number of hydrogen-bond donors (Lipinski definition) is 0. The van der Waals surface area contributed by atoms with Crippen molar-refractivity contribution in [2.24, 2.45) is 23.7 Å². The number of alkyl halides is 2. The van der Waals surface area contributed by atoms with Crippen LogP contribution >= 0.6 is 0 Å². The number of ether oxygens (including phenoxy) is 2. The molecule has 10 heteroatoms. The van der Waals surface area contributed by atoms with Crippen LogP contribution in [0.25, 0.3) is 0 Å². The third-order valence-corrected chi connectivity index (χ3v) is 6.89. The fraction of sp³-hybridized carbons (Fsp3) is 0.882. The summed E-state index contributed by atoms with van der Waals surface area (Å²) in [6.45, 7) is -1.84. The van der Waals surface area contributed by atoms with Gasteiger partial charge in [-0.3, -0.25) is 9.59 Å². The largest absolute Gasteiger partial charge is 0.743 e. The summed E-state index contributed by atoms with van der Waals surface area (Å²) >= 11 is 0. The van der Waals surface area contributed by atoms with Crippen molar-refractivity contribution in [1.82, 2.24) is 0 Å². The lowest BCUT2D eigenvalue weighted by molar-refractivity contribution is -0.170. The van der Waals surface area contributed by atoms with E-state index in [0.29, 0.717) is 12.8 Å².